The van der Waals surface area contributed by atoms with E-state index >= 15 is 0 Å². The van der Waals surface area contributed by atoms with Crippen LogP contribution in [-0.2, 0) is 16.4 Å². The minimum atomic E-state index is -3.59. The Morgan fingerprint density at radius 2 is 2.22 bits per heavy atom. The van der Waals surface area contributed by atoms with Crippen LogP contribution < -0.4 is 4.72 Å². The number of phenolic OH excluding ortho intramolecular Hbond substituents is 1. The molecule has 0 bridgehead atoms. The van der Waals surface area contributed by atoms with Crippen LogP contribution in [0.1, 0.15) is 5.82 Å². The van der Waals surface area contributed by atoms with Crippen molar-refractivity contribution in [3.05, 3.63) is 42.5 Å². The van der Waals surface area contributed by atoms with E-state index in [1.165, 1.54) is 24.3 Å². The normalized spacial score (nSPS) is 11.6. The molecule has 2 rings (SSSR count). The van der Waals surface area contributed by atoms with Gasteiger partial charge in [0.25, 0.3) is 0 Å². The molecular weight excluding hydrogens is 254 g/mol. The quantitative estimate of drug-likeness (QED) is 0.740. The number of aromatic hydroxyl groups is 1. The highest BCUT2D eigenvalue weighted by Gasteiger charge is 2.13. The number of hydrogen-bond donors (Lipinski definition) is 3. The van der Waals surface area contributed by atoms with Gasteiger partial charge in [0.15, 0.2) is 0 Å². The van der Waals surface area contributed by atoms with Gasteiger partial charge < -0.3 is 10.1 Å². The summed E-state index contributed by atoms with van der Waals surface area (Å²) in [5.41, 5.74) is 0. The summed E-state index contributed by atoms with van der Waals surface area (Å²) in [6.45, 7) is 0.242. The van der Waals surface area contributed by atoms with Crippen LogP contribution in [-0.4, -0.2) is 30.0 Å². The Morgan fingerprint density at radius 1 is 1.39 bits per heavy atom. The third-order valence-electron chi connectivity index (χ3n) is 2.34. The van der Waals surface area contributed by atoms with Crippen LogP contribution in [0.25, 0.3) is 0 Å². The second-order valence-corrected chi connectivity index (χ2v) is 5.45. The molecule has 18 heavy (non-hydrogen) atoms. The number of sulfonamides is 1. The van der Waals surface area contributed by atoms with Crippen LogP contribution in [0.5, 0.6) is 5.75 Å². The Hall–Kier alpha value is -1.86. The van der Waals surface area contributed by atoms with E-state index in [4.69, 9.17) is 0 Å². The van der Waals surface area contributed by atoms with Crippen molar-refractivity contribution in [2.75, 3.05) is 6.54 Å². The zero-order valence-electron chi connectivity index (χ0n) is 9.50. The molecule has 2 aromatic rings. The minimum absolute atomic E-state index is 0.0435. The van der Waals surface area contributed by atoms with Gasteiger partial charge in [0.05, 0.1) is 4.90 Å². The van der Waals surface area contributed by atoms with E-state index in [1.54, 1.807) is 12.4 Å². The van der Waals surface area contributed by atoms with E-state index in [9.17, 15) is 13.5 Å². The van der Waals surface area contributed by atoms with Crippen LogP contribution >= 0.6 is 0 Å². The van der Waals surface area contributed by atoms with Crippen LogP contribution in [0.4, 0.5) is 0 Å². The summed E-state index contributed by atoms with van der Waals surface area (Å²) in [4.78, 5) is 6.92. The SMILES string of the molecule is O=S(=O)(NCCc1ncc[nH]1)c1cccc(O)c1. The van der Waals surface area contributed by atoms with E-state index in [0.717, 1.165) is 0 Å². The molecule has 3 N–H and O–H groups in total. The van der Waals surface area contributed by atoms with E-state index < -0.39 is 10.0 Å². The predicted octanol–water partition coefficient (Wildman–Crippen LogP) is 0.636. The molecular formula is C11H13N3O3S. The van der Waals surface area contributed by atoms with Gasteiger partial charge in [-0.05, 0) is 18.2 Å². The number of aromatic nitrogens is 2. The van der Waals surface area contributed by atoms with Crippen molar-refractivity contribution in [2.24, 2.45) is 0 Å². The van der Waals surface area contributed by atoms with Crippen LogP contribution in [0, 0.1) is 0 Å². The molecule has 1 heterocycles. The summed E-state index contributed by atoms with van der Waals surface area (Å²) in [7, 11) is -3.59. The minimum Gasteiger partial charge on any atom is -0.508 e. The van der Waals surface area contributed by atoms with Crippen molar-refractivity contribution in [1.29, 1.82) is 0 Å². The number of phenols is 1. The highest BCUT2D eigenvalue weighted by Crippen LogP contribution is 2.15. The fourth-order valence-electron chi connectivity index (χ4n) is 1.47. The first-order valence-electron chi connectivity index (χ1n) is 5.35. The van der Waals surface area contributed by atoms with Gasteiger partial charge in [0.2, 0.25) is 10.0 Å². The van der Waals surface area contributed by atoms with Crippen molar-refractivity contribution in [2.45, 2.75) is 11.3 Å². The molecule has 0 aliphatic carbocycles. The number of aromatic amines is 1. The lowest BCUT2D eigenvalue weighted by Crippen LogP contribution is -2.26. The Labute approximate surface area is 105 Å². The predicted molar refractivity (Wildman–Crippen MR) is 65.6 cm³/mol. The first-order valence-corrected chi connectivity index (χ1v) is 6.83. The van der Waals surface area contributed by atoms with Gasteiger partial charge in [-0.3, -0.25) is 0 Å². The number of hydrogen-bond acceptors (Lipinski definition) is 4. The molecule has 96 valence electrons. The number of H-pyrrole nitrogens is 1. The molecule has 6 nitrogen and oxygen atoms in total. The van der Waals surface area contributed by atoms with Crippen LogP contribution in [0.2, 0.25) is 0 Å². The lowest BCUT2D eigenvalue weighted by Gasteiger charge is -2.06. The molecule has 1 aromatic heterocycles. The number of imidazole rings is 1. The number of rotatable bonds is 5. The van der Waals surface area contributed by atoms with Crippen molar-refractivity contribution in [1.82, 2.24) is 14.7 Å². The maximum atomic E-state index is 11.9. The second kappa shape index (κ2) is 5.19. The van der Waals surface area contributed by atoms with Gasteiger partial charge in [-0.25, -0.2) is 18.1 Å². The van der Waals surface area contributed by atoms with E-state index in [1.807, 2.05) is 0 Å². The van der Waals surface area contributed by atoms with E-state index in [-0.39, 0.29) is 17.2 Å². The highest BCUT2D eigenvalue weighted by atomic mass is 32.2. The average molecular weight is 267 g/mol. The van der Waals surface area contributed by atoms with Crippen molar-refractivity contribution < 1.29 is 13.5 Å². The Kier molecular flexibility index (Phi) is 3.63. The average Bonchev–Trinajstić information content (AvgIpc) is 2.82. The Morgan fingerprint density at radius 3 is 2.89 bits per heavy atom. The fourth-order valence-corrected chi connectivity index (χ4v) is 2.54. The maximum Gasteiger partial charge on any atom is 0.240 e. The molecule has 0 saturated heterocycles. The standard InChI is InChI=1S/C11H13N3O3S/c15-9-2-1-3-10(8-9)18(16,17)14-5-4-11-12-6-7-13-11/h1-3,6-8,14-15H,4-5H2,(H,12,13). The Balaban J connectivity index is 1.99. The molecule has 0 radical (unpaired) electrons. The lowest BCUT2D eigenvalue weighted by atomic mass is 10.3. The first kappa shape index (κ1) is 12.6. The molecule has 0 atom stereocenters. The topological polar surface area (TPSA) is 95.1 Å². The van der Waals surface area contributed by atoms with Crippen molar-refractivity contribution in [3.8, 4) is 5.75 Å². The Bertz CT molecular complexity index is 608. The summed E-state index contributed by atoms with van der Waals surface area (Å²) >= 11 is 0. The smallest absolute Gasteiger partial charge is 0.240 e. The largest absolute Gasteiger partial charge is 0.508 e. The monoisotopic (exact) mass is 267 g/mol. The molecule has 0 saturated carbocycles. The van der Waals surface area contributed by atoms with Gasteiger partial charge in [-0.2, -0.15) is 0 Å². The first-order chi connectivity index (χ1) is 8.58. The van der Waals surface area contributed by atoms with Crippen molar-refractivity contribution >= 4 is 10.0 Å². The molecule has 0 fully saturated rings. The molecule has 0 amide bonds. The summed E-state index contributed by atoms with van der Waals surface area (Å²) in [5.74, 6) is 0.637. The van der Waals surface area contributed by atoms with E-state index in [2.05, 4.69) is 14.7 Å². The zero-order valence-corrected chi connectivity index (χ0v) is 10.3. The third kappa shape index (κ3) is 3.08. The lowest BCUT2D eigenvalue weighted by molar-refractivity contribution is 0.473. The number of nitrogens with zero attached hydrogens (tertiary/aromatic N) is 1. The summed E-state index contributed by atoms with van der Waals surface area (Å²) in [5, 5.41) is 9.24. The summed E-state index contributed by atoms with van der Waals surface area (Å²) in [6.07, 6.45) is 3.77. The van der Waals surface area contributed by atoms with Crippen LogP contribution in [0.3, 0.4) is 0 Å². The number of benzene rings is 1. The van der Waals surface area contributed by atoms with Gasteiger partial charge in [0, 0.05) is 25.4 Å². The van der Waals surface area contributed by atoms with Gasteiger partial charge >= 0.3 is 0 Å². The molecule has 1 aromatic carbocycles. The number of nitrogens with one attached hydrogen (secondary N) is 2. The highest BCUT2D eigenvalue weighted by molar-refractivity contribution is 7.89. The maximum absolute atomic E-state index is 11.9. The van der Waals surface area contributed by atoms with Gasteiger partial charge in [-0.15, -0.1) is 0 Å². The van der Waals surface area contributed by atoms with Gasteiger partial charge in [-0.1, -0.05) is 6.07 Å². The molecule has 0 aliphatic rings. The summed E-state index contributed by atoms with van der Waals surface area (Å²) < 4.78 is 26.2. The fraction of sp³-hybridized carbons (Fsp3) is 0.182. The third-order valence-corrected chi connectivity index (χ3v) is 3.80. The molecule has 0 unspecified atom stereocenters. The summed E-state index contributed by atoms with van der Waals surface area (Å²) in [6, 6.07) is 5.53. The van der Waals surface area contributed by atoms with Crippen molar-refractivity contribution in [3.63, 3.8) is 0 Å². The zero-order chi connectivity index (χ0) is 13.0. The second-order valence-electron chi connectivity index (χ2n) is 3.68. The molecule has 0 aliphatic heterocycles. The molecule has 7 heteroatoms. The van der Waals surface area contributed by atoms with Crippen LogP contribution in [0.15, 0.2) is 41.6 Å². The molecule has 0 spiro atoms. The van der Waals surface area contributed by atoms with Gasteiger partial charge in [0.1, 0.15) is 11.6 Å². The van der Waals surface area contributed by atoms with E-state index in [0.29, 0.717) is 12.2 Å².